The molecular formula is C17H15BrN4. The van der Waals surface area contributed by atoms with E-state index in [0.717, 1.165) is 32.6 Å². The molecule has 0 saturated carbocycles. The van der Waals surface area contributed by atoms with Gasteiger partial charge in [0.1, 0.15) is 5.71 Å². The zero-order chi connectivity index (χ0) is 15.7. The predicted octanol–water partition coefficient (Wildman–Crippen LogP) is 3.86. The van der Waals surface area contributed by atoms with Gasteiger partial charge in [-0.15, -0.1) is 0 Å². The number of aryl methyl sites for hydroxylation is 1. The summed E-state index contributed by atoms with van der Waals surface area (Å²) in [4.78, 5) is 4.36. The monoisotopic (exact) mass is 354 g/mol. The second-order valence-corrected chi connectivity index (χ2v) is 6.01. The van der Waals surface area contributed by atoms with E-state index in [4.69, 9.17) is 5.41 Å². The highest BCUT2D eigenvalue weighted by Crippen LogP contribution is 2.24. The number of nitrogens with one attached hydrogen (secondary N) is 1. The normalized spacial score (nSPS) is 16.3. The van der Waals surface area contributed by atoms with Gasteiger partial charge >= 0.3 is 0 Å². The van der Waals surface area contributed by atoms with Gasteiger partial charge in [0.25, 0.3) is 0 Å². The SMILES string of the molecule is Cc1cc(Br)ccc1/C=C1\C(=N)N(C)N=C1c1ccccn1. The highest BCUT2D eigenvalue weighted by atomic mass is 79.9. The Balaban J connectivity index is 2.09. The molecule has 0 radical (unpaired) electrons. The lowest BCUT2D eigenvalue weighted by molar-refractivity contribution is 0.556. The predicted molar refractivity (Wildman–Crippen MR) is 93.1 cm³/mol. The van der Waals surface area contributed by atoms with Crippen LogP contribution in [0, 0.1) is 12.3 Å². The zero-order valence-corrected chi connectivity index (χ0v) is 13.9. The fraction of sp³-hybridized carbons (Fsp3) is 0.118. The summed E-state index contributed by atoms with van der Waals surface area (Å²) < 4.78 is 1.05. The van der Waals surface area contributed by atoms with Gasteiger partial charge in [0.15, 0.2) is 5.84 Å². The molecule has 1 aromatic heterocycles. The van der Waals surface area contributed by atoms with Crippen molar-refractivity contribution in [1.29, 1.82) is 5.41 Å². The third-order valence-corrected chi connectivity index (χ3v) is 4.02. The van der Waals surface area contributed by atoms with Crippen molar-refractivity contribution in [2.45, 2.75) is 6.92 Å². The van der Waals surface area contributed by atoms with Crippen LogP contribution in [0.2, 0.25) is 0 Å². The maximum Gasteiger partial charge on any atom is 0.150 e. The number of nitrogens with zero attached hydrogens (tertiary/aromatic N) is 3. The molecule has 0 fully saturated rings. The minimum atomic E-state index is 0.378. The molecule has 0 atom stereocenters. The summed E-state index contributed by atoms with van der Waals surface area (Å²) in [6.45, 7) is 2.05. The van der Waals surface area contributed by atoms with Gasteiger partial charge in [0.05, 0.1) is 5.69 Å². The van der Waals surface area contributed by atoms with Crippen molar-refractivity contribution < 1.29 is 0 Å². The van der Waals surface area contributed by atoms with Crippen LogP contribution in [0.25, 0.3) is 6.08 Å². The first-order chi connectivity index (χ1) is 10.6. The van der Waals surface area contributed by atoms with Crippen molar-refractivity contribution in [2.75, 3.05) is 7.05 Å². The molecule has 3 rings (SSSR count). The van der Waals surface area contributed by atoms with Gasteiger partial charge in [-0.3, -0.25) is 15.4 Å². The number of hydrazone groups is 1. The highest BCUT2D eigenvalue weighted by molar-refractivity contribution is 9.10. The number of likely N-dealkylation sites (N-methyl/N-ethyl adjacent to an activating group) is 1. The molecule has 1 N–H and O–H groups in total. The molecule has 1 aliphatic rings. The average molecular weight is 355 g/mol. The van der Waals surface area contributed by atoms with Crippen LogP contribution >= 0.6 is 15.9 Å². The summed E-state index contributed by atoms with van der Waals surface area (Å²) in [6, 6.07) is 11.8. The number of amidine groups is 1. The summed E-state index contributed by atoms with van der Waals surface area (Å²) >= 11 is 3.47. The molecule has 4 nitrogen and oxygen atoms in total. The molecule has 0 spiro atoms. The molecule has 22 heavy (non-hydrogen) atoms. The Labute approximate surface area is 137 Å². The maximum absolute atomic E-state index is 8.26. The topological polar surface area (TPSA) is 52.3 Å². The molecule has 0 bridgehead atoms. The van der Waals surface area contributed by atoms with Crippen molar-refractivity contribution in [3.63, 3.8) is 0 Å². The first-order valence-corrected chi connectivity index (χ1v) is 7.66. The summed E-state index contributed by atoms with van der Waals surface area (Å²) in [5.74, 6) is 0.378. The molecule has 1 aromatic carbocycles. The fourth-order valence-electron chi connectivity index (χ4n) is 2.33. The lowest BCUT2D eigenvalue weighted by atomic mass is 10.0. The van der Waals surface area contributed by atoms with E-state index < -0.39 is 0 Å². The second-order valence-electron chi connectivity index (χ2n) is 5.09. The summed E-state index contributed by atoms with van der Waals surface area (Å²) in [5, 5.41) is 14.3. The lowest BCUT2D eigenvalue weighted by Crippen LogP contribution is -2.16. The van der Waals surface area contributed by atoms with Crippen LogP contribution in [0.3, 0.4) is 0 Å². The molecule has 2 heterocycles. The Morgan fingerprint density at radius 2 is 2.05 bits per heavy atom. The minimum absolute atomic E-state index is 0.378. The van der Waals surface area contributed by atoms with E-state index in [1.54, 1.807) is 18.3 Å². The Morgan fingerprint density at radius 1 is 1.23 bits per heavy atom. The van der Waals surface area contributed by atoms with Crippen LogP contribution in [-0.2, 0) is 0 Å². The first-order valence-electron chi connectivity index (χ1n) is 6.87. The molecule has 110 valence electrons. The van der Waals surface area contributed by atoms with E-state index in [9.17, 15) is 0 Å². The first kappa shape index (κ1) is 14.7. The standard InChI is InChI=1S/C17H15BrN4/c1-11-9-13(18)7-6-12(11)10-14-16(21-22(2)17(14)19)15-5-3-4-8-20-15/h3-10,19H,1-2H3/b14-10-,19-17?. The number of hydrogen-bond donors (Lipinski definition) is 1. The smallest absolute Gasteiger partial charge is 0.150 e. The largest absolute Gasteiger partial charge is 0.283 e. The third-order valence-electron chi connectivity index (χ3n) is 3.52. The molecule has 1 aliphatic heterocycles. The lowest BCUT2D eigenvalue weighted by Gasteiger charge is -2.07. The fourth-order valence-corrected chi connectivity index (χ4v) is 2.80. The third kappa shape index (κ3) is 2.72. The van der Waals surface area contributed by atoms with Gasteiger partial charge in [-0.05, 0) is 48.4 Å². The quantitative estimate of drug-likeness (QED) is 0.889. The van der Waals surface area contributed by atoms with Crippen LogP contribution in [0.4, 0.5) is 0 Å². The van der Waals surface area contributed by atoms with Crippen LogP contribution in [0.5, 0.6) is 0 Å². The summed E-state index contributed by atoms with van der Waals surface area (Å²) in [6.07, 6.45) is 3.74. The van der Waals surface area contributed by atoms with Gasteiger partial charge < -0.3 is 0 Å². The number of benzene rings is 1. The van der Waals surface area contributed by atoms with Crippen LogP contribution in [-0.4, -0.2) is 28.6 Å². The van der Waals surface area contributed by atoms with Crippen molar-refractivity contribution in [3.8, 4) is 0 Å². The van der Waals surface area contributed by atoms with Crippen molar-refractivity contribution >= 4 is 33.6 Å². The van der Waals surface area contributed by atoms with Gasteiger partial charge in [-0.25, -0.2) is 0 Å². The zero-order valence-electron chi connectivity index (χ0n) is 12.3. The van der Waals surface area contributed by atoms with Crippen molar-refractivity contribution in [2.24, 2.45) is 5.10 Å². The summed E-state index contributed by atoms with van der Waals surface area (Å²) in [7, 11) is 1.78. The van der Waals surface area contributed by atoms with E-state index in [0.29, 0.717) is 5.84 Å². The van der Waals surface area contributed by atoms with E-state index in [1.165, 1.54) is 0 Å². The van der Waals surface area contributed by atoms with E-state index in [1.807, 2.05) is 36.4 Å². The Kier molecular flexibility index (Phi) is 3.90. The van der Waals surface area contributed by atoms with Gasteiger partial charge in [0, 0.05) is 23.3 Å². The van der Waals surface area contributed by atoms with Gasteiger partial charge in [-0.2, -0.15) is 5.10 Å². The Bertz CT molecular complexity index is 794. The maximum atomic E-state index is 8.26. The van der Waals surface area contributed by atoms with E-state index >= 15 is 0 Å². The van der Waals surface area contributed by atoms with E-state index in [-0.39, 0.29) is 0 Å². The number of rotatable bonds is 2. The minimum Gasteiger partial charge on any atom is -0.283 e. The second kappa shape index (κ2) is 5.85. The molecule has 0 aliphatic carbocycles. The summed E-state index contributed by atoms with van der Waals surface area (Å²) in [5.41, 5.74) is 4.51. The van der Waals surface area contributed by atoms with Gasteiger partial charge in [0.2, 0.25) is 0 Å². The van der Waals surface area contributed by atoms with Crippen LogP contribution in [0.15, 0.2) is 57.7 Å². The van der Waals surface area contributed by atoms with Crippen molar-refractivity contribution in [1.82, 2.24) is 9.99 Å². The number of hydrogen-bond acceptors (Lipinski definition) is 3. The Morgan fingerprint density at radius 3 is 2.73 bits per heavy atom. The number of pyridine rings is 1. The number of aromatic nitrogens is 1. The van der Waals surface area contributed by atoms with Crippen molar-refractivity contribution in [3.05, 3.63) is 69.5 Å². The molecule has 0 amide bonds. The molecule has 5 heteroatoms. The van der Waals surface area contributed by atoms with Crippen LogP contribution < -0.4 is 0 Å². The average Bonchev–Trinajstić information content (AvgIpc) is 2.79. The molecular weight excluding hydrogens is 340 g/mol. The molecule has 0 unspecified atom stereocenters. The number of halogens is 1. The van der Waals surface area contributed by atoms with Crippen LogP contribution in [0.1, 0.15) is 16.8 Å². The highest BCUT2D eigenvalue weighted by Gasteiger charge is 2.26. The van der Waals surface area contributed by atoms with E-state index in [2.05, 4.69) is 39.0 Å². The Hall–Kier alpha value is -2.27. The van der Waals surface area contributed by atoms with Gasteiger partial charge in [-0.1, -0.05) is 28.1 Å². The molecule has 0 saturated heterocycles. The molecule has 2 aromatic rings.